The lowest BCUT2D eigenvalue weighted by atomic mass is 9.95. The van der Waals surface area contributed by atoms with Crippen molar-refractivity contribution in [3.8, 4) is 0 Å². The van der Waals surface area contributed by atoms with Gasteiger partial charge in [-0.3, -0.25) is 0 Å². The molecule has 0 unspecified atom stereocenters. The quantitative estimate of drug-likeness (QED) is 0.836. The van der Waals surface area contributed by atoms with Crippen LogP contribution in [0, 0.1) is 0 Å². The van der Waals surface area contributed by atoms with Crippen LogP contribution in [0.4, 0.5) is 0 Å². The summed E-state index contributed by atoms with van der Waals surface area (Å²) in [6.45, 7) is 6.87. The van der Waals surface area contributed by atoms with Gasteiger partial charge in [-0.1, -0.05) is 11.6 Å². The minimum atomic E-state index is 0.552. The molecule has 1 aliphatic heterocycles. The van der Waals surface area contributed by atoms with Crippen molar-refractivity contribution in [2.45, 2.75) is 38.6 Å². The molecule has 102 valence electrons. The summed E-state index contributed by atoms with van der Waals surface area (Å²) < 4.78 is 2.15. The summed E-state index contributed by atoms with van der Waals surface area (Å²) in [5.41, 5.74) is 1.02. The SMILES string of the molecule is CC(C)N1CCC(c2ncc3c(Cl)cccn23)CC1. The van der Waals surface area contributed by atoms with E-state index in [1.807, 2.05) is 18.3 Å². The monoisotopic (exact) mass is 277 g/mol. The molecule has 0 saturated carbocycles. The maximum absolute atomic E-state index is 6.20. The third-order valence-electron chi connectivity index (χ3n) is 4.17. The van der Waals surface area contributed by atoms with Crippen LogP contribution < -0.4 is 0 Å². The highest BCUT2D eigenvalue weighted by Gasteiger charge is 2.25. The van der Waals surface area contributed by atoms with Crippen molar-refractivity contribution < 1.29 is 0 Å². The first-order chi connectivity index (χ1) is 9.16. The second kappa shape index (κ2) is 5.14. The molecule has 0 radical (unpaired) electrons. The second-order valence-corrected chi connectivity index (χ2v) is 6.04. The number of hydrogen-bond donors (Lipinski definition) is 0. The number of pyridine rings is 1. The van der Waals surface area contributed by atoms with Crippen molar-refractivity contribution in [3.05, 3.63) is 35.4 Å². The Hall–Kier alpha value is -1.06. The molecule has 0 N–H and O–H groups in total. The lowest BCUT2D eigenvalue weighted by Crippen LogP contribution is -2.38. The smallest absolute Gasteiger partial charge is 0.116 e. The van der Waals surface area contributed by atoms with Gasteiger partial charge in [0, 0.05) is 18.2 Å². The Balaban J connectivity index is 1.84. The number of hydrogen-bond acceptors (Lipinski definition) is 2. The van der Waals surface area contributed by atoms with Crippen LogP contribution in [0.25, 0.3) is 5.52 Å². The number of piperidine rings is 1. The van der Waals surface area contributed by atoms with Crippen LogP contribution in [-0.2, 0) is 0 Å². The predicted octanol–water partition coefficient (Wildman–Crippen LogP) is 3.58. The molecule has 19 heavy (non-hydrogen) atoms. The fourth-order valence-corrected chi connectivity index (χ4v) is 3.20. The molecule has 0 atom stereocenters. The Kier molecular flexibility index (Phi) is 3.50. The molecule has 1 aliphatic rings. The van der Waals surface area contributed by atoms with Crippen LogP contribution >= 0.6 is 11.6 Å². The highest BCUT2D eigenvalue weighted by Crippen LogP contribution is 2.29. The molecule has 3 rings (SSSR count). The van der Waals surface area contributed by atoms with Gasteiger partial charge < -0.3 is 9.30 Å². The van der Waals surface area contributed by atoms with Crippen molar-refractivity contribution in [2.24, 2.45) is 0 Å². The summed E-state index contributed by atoms with van der Waals surface area (Å²) in [7, 11) is 0. The minimum Gasteiger partial charge on any atom is -0.302 e. The number of imidazole rings is 1. The molecular weight excluding hydrogens is 258 g/mol. The first kappa shape index (κ1) is 12.9. The maximum Gasteiger partial charge on any atom is 0.116 e. The first-order valence-electron chi connectivity index (χ1n) is 7.02. The topological polar surface area (TPSA) is 20.5 Å². The molecule has 0 aliphatic carbocycles. The van der Waals surface area contributed by atoms with Crippen LogP contribution in [0.2, 0.25) is 5.02 Å². The Morgan fingerprint density at radius 2 is 2.05 bits per heavy atom. The zero-order valence-electron chi connectivity index (χ0n) is 11.5. The molecule has 3 nitrogen and oxygen atoms in total. The van der Waals surface area contributed by atoms with Gasteiger partial charge in [-0.25, -0.2) is 4.98 Å². The zero-order valence-corrected chi connectivity index (χ0v) is 12.3. The average Bonchev–Trinajstić information content (AvgIpc) is 2.84. The molecule has 1 fully saturated rings. The van der Waals surface area contributed by atoms with Gasteiger partial charge >= 0.3 is 0 Å². The Morgan fingerprint density at radius 1 is 1.32 bits per heavy atom. The third-order valence-corrected chi connectivity index (χ3v) is 4.49. The van der Waals surface area contributed by atoms with Crippen LogP contribution in [-0.4, -0.2) is 33.4 Å². The maximum atomic E-state index is 6.20. The third kappa shape index (κ3) is 2.37. The molecule has 2 aromatic heterocycles. The molecule has 1 saturated heterocycles. The molecule has 3 heterocycles. The number of rotatable bonds is 2. The van der Waals surface area contributed by atoms with E-state index in [4.69, 9.17) is 11.6 Å². The van der Waals surface area contributed by atoms with Crippen LogP contribution in [0.1, 0.15) is 38.4 Å². The minimum absolute atomic E-state index is 0.552. The normalized spacial score (nSPS) is 18.5. The Bertz CT molecular complexity index is 568. The molecular formula is C15H20ClN3. The Labute approximate surface area is 119 Å². The van der Waals surface area contributed by atoms with Crippen LogP contribution in [0.5, 0.6) is 0 Å². The molecule has 0 bridgehead atoms. The summed E-state index contributed by atoms with van der Waals surface area (Å²) in [6.07, 6.45) is 6.33. The number of fused-ring (bicyclic) bond motifs is 1. The summed E-state index contributed by atoms with van der Waals surface area (Å²) in [5, 5.41) is 0.779. The number of likely N-dealkylation sites (tertiary alicyclic amines) is 1. The van der Waals surface area contributed by atoms with Crippen molar-refractivity contribution in [3.63, 3.8) is 0 Å². The van der Waals surface area contributed by atoms with Crippen LogP contribution in [0.15, 0.2) is 24.5 Å². The number of nitrogens with zero attached hydrogens (tertiary/aromatic N) is 3. The molecule has 0 aromatic carbocycles. The van der Waals surface area contributed by atoms with Crippen molar-refractivity contribution >= 4 is 17.1 Å². The van der Waals surface area contributed by atoms with Gasteiger partial charge in [0.25, 0.3) is 0 Å². The van der Waals surface area contributed by atoms with Gasteiger partial charge in [-0.15, -0.1) is 0 Å². The highest BCUT2D eigenvalue weighted by atomic mass is 35.5. The van der Waals surface area contributed by atoms with E-state index in [2.05, 4.69) is 34.3 Å². The molecule has 0 spiro atoms. The molecule has 4 heteroatoms. The lowest BCUT2D eigenvalue weighted by molar-refractivity contribution is 0.169. The van der Waals surface area contributed by atoms with E-state index in [1.54, 1.807) is 0 Å². The van der Waals surface area contributed by atoms with Gasteiger partial charge in [-0.05, 0) is 51.9 Å². The summed E-state index contributed by atoms with van der Waals surface area (Å²) in [6, 6.07) is 4.56. The first-order valence-corrected chi connectivity index (χ1v) is 7.40. The van der Waals surface area contributed by atoms with E-state index in [1.165, 1.54) is 18.7 Å². The second-order valence-electron chi connectivity index (χ2n) is 5.63. The van der Waals surface area contributed by atoms with Crippen molar-refractivity contribution in [1.82, 2.24) is 14.3 Å². The molecule has 0 amide bonds. The summed E-state index contributed by atoms with van der Waals surface area (Å²) >= 11 is 6.20. The summed E-state index contributed by atoms with van der Waals surface area (Å²) in [4.78, 5) is 7.15. The predicted molar refractivity (Wildman–Crippen MR) is 78.9 cm³/mol. The van der Waals surface area contributed by atoms with E-state index < -0.39 is 0 Å². The summed E-state index contributed by atoms with van der Waals surface area (Å²) in [5.74, 6) is 1.72. The van der Waals surface area contributed by atoms with Gasteiger partial charge in [0.05, 0.1) is 16.7 Å². The van der Waals surface area contributed by atoms with Gasteiger partial charge in [-0.2, -0.15) is 0 Å². The van der Waals surface area contributed by atoms with Gasteiger partial charge in [0.2, 0.25) is 0 Å². The van der Waals surface area contributed by atoms with E-state index in [0.29, 0.717) is 12.0 Å². The lowest BCUT2D eigenvalue weighted by Gasteiger charge is -2.34. The Morgan fingerprint density at radius 3 is 2.74 bits per heavy atom. The fourth-order valence-electron chi connectivity index (χ4n) is 2.98. The average molecular weight is 278 g/mol. The standard InChI is InChI=1S/C15H20ClN3/c1-11(2)18-8-5-12(6-9-18)15-17-10-14-13(16)4-3-7-19(14)15/h3-4,7,10-12H,5-6,8-9H2,1-2H3. The van der Waals surface area contributed by atoms with E-state index >= 15 is 0 Å². The van der Waals surface area contributed by atoms with Crippen molar-refractivity contribution in [1.29, 1.82) is 0 Å². The number of halogens is 1. The van der Waals surface area contributed by atoms with Crippen molar-refractivity contribution in [2.75, 3.05) is 13.1 Å². The van der Waals surface area contributed by atoms with E-state index in [0.717, 1.165) is 23.6 Å². The van der Waals surface area contributed by atoms with Gasteiger partial charge in [0.15, 0.2) is 0 Å². The van der Waals surface area contributed by atoms with E-state index in [-0.39, 0.29) is 0 Å². The largest absolute Gasteiger partial charge is 0.302 e. The highest BCUT2D eigenvalue weighted by molar-refractivity contribution is 6.33. The molecule has 2 aromatic rings. The number of aromatic nitrogens is 2. The fraction of sp³-hybridized carbons (Fsp3) is 0.533. The van der Waals surface area contributed by atoms with E-state index in [9.17, 15) is 0 Å². The van der Waals surface area contributed by atoms with Gasteiger partial charge in [0.1, 0.15) is 5.82 Å². The van der Waals surface area contributed by atoms with Crippen LogP contribution in [0.3, 0.4) is 0 Å². The zero-order chi connectivity index (χ0) is 13.4.